The van der Waals surface area contributed by atoms with Crippen molar-refractivity contribution in [3.05, 3.63) is 59.4 Å². The third-order valence-corrected chi connectivity index (χ3v) is 2.48. The normalized spacial score (nSPS) is 9.89. The smallest absolute Gasteiger partial charge is 0.267 e. The van der Waals surface area contributed by atoms with Crippen LogP contribution >= 0.6 is 0 Å². The Hall–Kier alpha value is -2.69. The van der Waals surface area contributed by atoms with E-state index in [1.54, 1.807) is 36.4 Å². The van der Waals surface area contributed by atoms with Gasteiger partial charge in [0.25, 0.3) is 5.91 Å². The minimum absolute atomic E-state index is 0.159. The summed E-state index contributed by atoms with van der Waals surface area (Å²) in [6.07, 6.45) is 0.725. The van der Waals surface area contributed by atoms with Crippen molar-refractivity contribution in [3.8, 4) is 5.75 Å². The molecule has 0 aliphatic carbocycles. The molecule has 0 aliphatic heterocycles. The maximum atomic E-state index is 11.0. The molecular weight excluding hydrogens is 244 g/mol. The topological polar surface area (TPSA) is 82.3 Å². The fourth-order valence-electron chi connectivity index (χ4n) is 1.56. The van der Waals surface area contributed by atoms with Gasteiger partial charge in [-0.25, -0.2) is 4.98 Å². The van der Waals surface area contributed by atoms with Crippen LogP contribution in [0.5, 0.6) is 5.75 Å². The van der Waals surface area contributed by atoms with Crippen molar-refractivity contribution in [2.45, 2.75) is 6.61 Å². The van der Waals surface area contributed by atoms with Crippen molar-refractivity contribution in [2.24, 2.45) is 5.73 Å². The number of hydrogen-bond acceptors (Lipinski definition) is 4. The fraction of sp³-hybridized carbons (Fsp3) is 0.0714. The lowest BCUT2D eigenvalue weighted by atomic mass is 10.2. The third kappa shape index (κ3) is 3.16. The third-order valence-electron chi connectivity index (χ3n) is 2.48. The summed E-state index contributed by atoms with van der Waals surface area (Å²) in [5, 5.41) is 0. The zero-order chi connectivity index (χ0) is 13.7. The summed E-state index contributed by atoms with van der Waals surface area (Å²) in [5.41, 5.74) is 6.36. The summed E-state index contributed by atoms with van der Waals surface area (Å²) in [5.74, 6) is -0.112. The standard InChI is InChI=1S/C14H12N2O3/c15-14(18)12-6-3-5-11(16-12)9-19-13-7-2-1-4-10(13)8-17/h1-8H,9H2,(H2,15,18). The number of benzene rings is 1. The van der Waals surface area contributed by atoms with Gasteiger partial charge in [0.1, 0.15) is 18.1 Å². The first-order valence-electron chi connectivity index (χ1n) is 5.63. The molecule has 19 heavy (non-hydrogen) atoms. The van der Waals surface area contributed by atoms with E-state index in [1.165, 1.54) is 6.07 Å². The Labute approximate surface area is 110 Å². The van der Waals surface area contributed by atoms with E-state index in [2.05, 4.69) is 4.98 Å². The number of carbonyl (C=O) groups excluding carboxylic acids is 2. The molecule has 2 aromatic rings. The number of nitrogens with zero attached hydrogens (tertiary/aromatic N) is 1. The molecule has 0 atom stereocenters. The quantitative estimate of drug-likeness (QED) is 0.823. The highest BCUT2D eigenvalue weighted by Gasteiger charge is 2.05. The molecule has 0 radical (unpaired) electrons. The summed E-state index contributed by atoms with van der Waals surface area (Å²) in [6, 6.07) is 11.8. The van der Waals surface area contributed by atoms with E-state index in [-0.39, 0.29) is 12.3 Å². The number of rotatable bonds is 5. The van der Waals surface area contributed by atoms with Gasteiger partial charge in [-0.05, 0) is 24.3 Å². The van der Waals surface area contributed by atoms with Crippen LogP contribution in [0.3, 0.4) is 0 Å². The van der Waals surface area contributed by atoms with Crippen LogP contribution in [0, 0.1) is 0 Å². The molecule has 2 N–H and O–H groups in total. The Morgan fingerprint density at radius 3 is 2.74 bits per heavy atom. The number of hydrogen-bond donors (Lipinski definition) is 1. The maximum absolute atomic E-state index is 11.0. The van der Waals surface area contributed by atoms with Crippen LogP contribution in [0.4, 0.5) is 0 Å². The highest BCUT2D eigenvalue weighted by Crippen LogP contribution is 2.16. The van der Waals surface area contributed by atoms with Gasteiger partial charge in [-0.3, -0.25) is 9.59 Å². The molecule has 0 saturated carbocycles. The van der Waals surface area contributed by atoms with Gasteiger partial charge in [0.15, 0.2) is 6.29 Å². The number of ether oxygens (including phenoxy) is 1. The Morgan fingerprint density at radius 2 is 2.00 bits per heavy atom. The Balaban J connectivity index is 2.12. The van der Waals surface area contributed by atoms with Gasteiger partial charge in [0.05, 0.1) is 11.3 Å². The van der Waals surface area contributed by atoms with Crippen LogP contribution < -0.4 is 10.5 Å². The Kier molecular flexibility index (Phi) is 3.87. The highest BCUT2D eigenvalue weighted by molar-refractivity contribution is 5.90. The second-order valence-electron chi connectivity index (χ2n) is 3.82. The second kappa shape index (κ2) is 5.77. The zero-order valence-electron chi connectivity index (χ0n) is 10.1. The molecule has 1 aromatic heterocycles. The van der Waals surface area contributed by atoms with E-state index >= 15 is 0 Å². The monoisotopic (exact) mass is 256 g/mol. The predicted octanol–water partition coefficient (Wildman–Crippen LogP) is 1.57. The lowest BCUT2D eigenvalue weighted by Gasteiger charge is -2.08. The molecule has 0 saturated heterocycles. The molecule has 96 valence electrons. The van der Waals surface area contributed by atoms with Crippen LogP contribution in [0.15, 0.2) is 42.5 Å². The average Bonchev–Trinajstić information content (AvgIpc) is 2.45. The first-order chi connectivity index (χ1) is 9.20. The van der Waals surface area contributed by atoms with Gasteiger partial charge in [-0.15, -0.1) is 0 Å². The van der Waals surface area contributed by atoms with Gasteiger partial charge in [0.2, 0.25) is 0 Å². The number of carbonyl (C=O) groups is 2. The number of para-hydroxylation sites is 1. The molecule has 1 aromatic carbocycles. The average molecular weight is 256 g/mol. The predicted molar refractivity (Wildman–Crippen MR) is 68.9 cm³/mol. The van der Waals surface area contributed by atoms with Crippen molar-refractivity contribution < 1.29 is 14.3 Å². The van der Waals surface area contributed by atoms with E-state index in [9.17, 15) is 9.59 Å². The van der Waals surface area contributed by atoms with Gasteiger partial charge in [-0.1, -0.05) is 18.2 Å². The minimum Gasteiger partial charge on any atom is -0.487 e. The zero-order valence-corrected chi connectivity index (χ0v) is 10.1. The molecular formula is C14H12N2O3. The number of aromatic nitrogens is 1. The lowest BCUT2D eigenvalue weighted by Crippen LogP contribution is -2.14. The van der Waals surface area contributed by atoms with Gasteiger partial charge in [0, 0.05) is 0 Å². The molecule has 5 nitrogen and oxygen atoms in total. The second-order valence-corrected chi connectivity index (χ2v) is 3.82. The van der Waals surface area contributed by atoms with E-state index in [4.69, 9.17) is 10.5 Å². The molecule has 2 rings (SSSR count). The molecule has 1 heterocycles. The van der Waals surface area contributed by atoms with Gasteiger partial charge in [-0.2, -0.15) is 0 Å². The van der Waals surface area contributed by atoms with Crippen molar-refractivity contribution in [1.29, 1.82) is 0 Å². The summed E-state index contributed by atoms with van der Waals surface area (Å²) >= 11 is 0. The SMILES string of the molecule is NC(=O)c1cccc(COc2ccccc2C=O)n1. The first-order valence-corrected chi connectivity index (χ1v) is 5.63. The summed E-state index contributed by atoms with van der Waals surface area (Å²) in [7, 11) is 0. The number of aldehydes is 1. The van der Waals surface area contributed by atoms with E-state index in [1.807, 2.05) is 0 Å². The fourth-order valence-corrected chi connectivity index (χ4v) is 1.56. The van der Waals surface area contributed by atoms with Crippen LogP contribution in [0.2, 0.25) is 0 Å². The van der Waals surface area contributed by atoms with Crippen molar-refractivity contribution in [1.82, 2.24) is 4.98 Å². The molecule has 0 aliphatic rings. The van der Waals surface area contributed by atoms with Crippen LogP contribution in [0.1, 0.15) is 26.5 Å². The van der Waals surface area contributed by atoms with Gasteiger partial charge >= 0.3 is 0 Å². The molecule has 0 bridgehead atoms. The van der Waals surface area contributed by atoms with E-state index in [0.29, 0.717) is 17.0 Å². The maximum Gasteiger partial charge on any atom is 0.267 e. The Bertz CT molecular complexity index is 611. The number of pyridine rings is 1. The number of nitrogens with two attached hydrogens (primary N) is 1. The van der Waals surface area contributed by atoms with Crippen LogP contribution in [-0.2, 0) is 6.61 Å². The molecule has 0 spiro atoms. The highest BCUT2D eigenvalue weighted by atomic mass is 16.5. The molecule has 5 heteroatoms. The van der Waals surface area contributed by atoms with Crippen LogP contribution in [0.25, 0.3) is 0 Å². The largest absolute Gasteiger partial charge is 0.487 e. The van der Waals surface area contributed by atoms with E-state index < -0.39 is 5.91 Å². The van der Waals surface area contributed by atoms with E-state index in [0.717, 1.165) is 6.29 Å². The van der Waals surface area contributed by atoms with Crippen molar-refractivity contribution in [3.63, 3.8) is 0 Å². The lowest BCUT2D eigenvalue weighted by molar-refractivity contribution is 0.0994. The number of primary amides is 1. The van der Waals surface area contributed by atoms with Crippen molar-refractivity contribution in [2.75, 3.05) is 0 Å². The summed E-state index contributed by atoms with van der Waals surface area (Å²) in [4.78, 5) is 25.9. The summed E-state index contributed by atoms with van der Waals surface area (Å²) in [6.45, 7) is 0.159. The number of amides is 1. The molecule has 0 fully saturated rings. The first kappa shape index (κ1) is 12.8. The van der Waals surface area contributed by atoms with Crippen LogP contribution in [-0.4, -0.2) is 17.2 Å². The van der Waals surface area contributed by atoms with Gasteiger partial charge < -0.3 is 10.5 Å². The minimum atomic E-state index is -0.588. The molecule has 0 unspecified atom stereocenters. The Morgan fingerprint density at radius 1 is 1.21 bits per heavy atom. The summed E-state index contributed by atoms with van der Waals surface area (Å²) < 4.78 is 5.50. The van der Waals surface area contributed by atoms with Crippen molar-refractivity contribution >= 4 is 12.2 Å². The molecule has 1 amide bonds.